The predicted octanol–water partition coefficient (Wildman–Crippen LogP) is -0.422. The lowest BCUT2D eigenvalue weighted by molar-refractivity contribution is 0.0996. The molecule has 0 saturated heterocycles. The highest BCUT2D eigenvalue weighted by Crippen LogP contribution is 2.24. The van der Waals surface area contributed by atoms with Gasteiger partial charge in [-0.25, -0.2) is 4.98 Å². The van der Waals surface area contributed by atoms with Crippen LogP contribution in [0.2, 0.25) is 0 Å². The topological polar surface area (TPSA) is 122 Å². The first-order chi connectivity index (χ1) is 8.08. The number of nitrogens with one attached hydrogen (secondary N) is 2. The molecule has 2 rings (SSSR count). The van der Waals surface area contributed by atoms with Crippen molar-refractivity contribution < 1.29 is 14.3 Å². The minimum Gasteiger partial charge on any atom is -0.364 e. The molecule has 0 saturated carbocycles. The Balaban J connectivity index is 2.18. The van der Waals surface area contributed by atoms with Crippen molar-refractivity contribution in [2.45, 2.75) is 12.5 Å². The van der Waals surface area contributed by atoms with E-state index in [2.05, 4.69) is 15.4 Å². The zero-order chi connectivity index (χ0) is 12.4. The maximum Gasteiger partial charge on any atom is 0.610 e. The van der Waals surface area contributed by atoms with Crippen molar-refractivity contribution in [1.29, 1.82) is 0 Å². The van der Waals surface area contributed by atoms with Gasteiger partial charge in [0.2, 0.25) is 5.95 Å². The lowest BCUT2D eigenvalue weighted by Crippen LogP contribution is -2.28. The summed E-state index contributed by atoms with van der Waals surface area (Å²) in [5.41, 5.74) is 5.34. The molecule has 2 unspecified atom stereocenters. The number of carbonyl (C=O) groups is 1. The SMILES string of the molecule is NC(=O)c1cn2c(n1)NCCC2CN[P+](=O)O. The van der Waals surface area contributed by atoms with E-state index < -0.39 is 14.1 Å². The second-order valence-corrected chi connectivity index (χ2v) is 4.59. The smallest absolute Gasteiger partial charge is 0.364 e. The summed E-state index contributed by atoms with van der Waals surface area (Å²) in [5, 5.41) is 5.50. The quantitative estimate of drug-likeness (QED) is 0.544. The first-order valence-corrected chi connectivity index (χ1v) is 6.31. The van der Waals surface area contributed by atoms with Gasteiger partial charge in [-0.05, 0) is 11.0 Å². The van der Waals surface area contributed by atoms with Crippen molar-refractivity contribution in [3.8, 4) is 0 Å². The number of nitrogens with two attached hydrogens (primary N) is 1. The minimum atomic E-state index is -2.37. The van der Waals surface area contributed by atoms with E-state index in [0.29, 0.717) is 19.0 Å². The molecule has 2 atom stereocenters. The molecule has 0 spiro atoms. The highest BCUT2D eigenvalue weighted by atomic mass is 31.1. The highest BCUT2D eigenvalue weighted by molar-refractivity contribution is 7.35. The Bertz CT molecular complexity index is 460. The van der Waals surface area contributed by atoms with E-state index in [1.54, 1.807) is 10.8 Å². The molecule has 9 heteroatoms. The van der Waals surface area contributed by atoms with Crippen LogP contribution in [0.4, 0.5) is 5.95 Å². The second kappa shape index (κ2) is 4.79. The van der Waals surface area contributed by atoms with Crippen LogP contribution in [0, 0.1) is 0 Å². The molecule has 0 bridgehead atoms. The summed E-state index contributed by atoms with van der Waals surface area (Å²) in [6.45, 7) is 1.04. The standard InChI is InChI=1S/C8H12N5O3P/c9-7(14)6-4-13-5(3-11-17(15)16)1-2-10-8(13)12-6/h4-5H,1-3H2,(H4-,9,10,11,12,14,15,16)/p+1. The maximum absolute atomic E-state index is 11.0. The molecule has 0 radical (unpaired) electrons. The Labute approximate surface area is 98.1 Å². The van der Waals surface area contributed by atoms with Crippen LogP contribution in [0.5, 0.6) is 0 Å². The maximum atomic E-state index is 11.0. The summed E-state index contributed by atoms with van der Waals surface area (Å²) in [7, 11) is -2.37. The first kappa shape index (κ1) is 12.0. The number of primary amides is 1. The Morgan fingerprint density at radius 1 is 1.82 bits per heavy atom. The number of rotatable bonds is 4. The molecule has 17 heavy (non-hydrogen) atoms. The molecule has 1 aliphatic rings. The van der Waals surface area contributed by atoms with E-state index >= 15 is 0 Å². The Kier molecular flexibility index (Phi) is 3.37. The third kappa shape index (κ3) is 2.60. The summed E-state index contributed by atoms with van der Waals surface area (Å²) in [6.07, 6.45) is 2.33. The summed E-state index contributed by atoms with van der Waals surface area (Å²) < 4.78 is 12.3. The van der Waals surface area contributed by atoms with Gasteiger partial charge in [0.25, 0.3) is 5.91 Å². The van der Waals surface area contributed by atoms with Crippen molar-refractivity contribution in [2.75, 3.05) is 18.4 Å². The molecule has 0 aliphatic carbocycles. The van der Waals surface area contributed by atoms with E-state index in [0.717, 1.165) is 6.42 Å². The largest absolute Gasteiger partial charge is 0.610 e. The summed E-state index contributed by atoms with van der Waals surface area (Å²) >= 11 is 0. The average molecular weight is 258 g/mol. The molecule has 1 aromatic rings. The number of fused-ring (bicyclic) bond motifs is 1. The lowest BCUT2D eigenvalue weighted by atomic mass is 10.2. The second-order valence-electron chi connectivity index (χ2n) is 3.73. The molecule has 0 aromatic carbocycles. The monoisotopic (exact) mass is 258 g/mol. The van der Waals surface area contributed by atoms with E-state index in [-0.39, 0.29) is 11.7 Å². The molecule has 1 aliphatic heterocycles. The number of hydrogen-bond acceptors (Lipinski definition) is 4. The van der Waals surface area contributed by atoms with Crippen molar-refractivity contribution >= 4 is 20.0 Å². The van der Waals surface area contributed by atoms with Crippen molar-refractivity contribution in [3.63, 3.8) is 0 Å². The van der Waals surface area contributed by atoms with Gasteiger partial charge in [-0.15, -0.1) is 4.89 Å². The number of imidazole rings is 1. The van der Waals surface area contributed by atoms with Crippen molar-refractivity contribution in [2.24, 2.45) is 5.73 Å². The average Bonchev–Trinajstić information content (AvgIpc) is 2.70. The Morgan fingerprint density at radius 2 is 2.59 bits per heavy atom. The Morgan fingerprint density at radius 3 is 3.24 bits per heavy atom. The summed E-state index contributed by atoms with van der Waals surface area (Å²) in [6, 6.07) is -0.0158. The fraction of sp³-hybridized carbons (Fsp3) is 0.500. The van der Waals surface area contributed by atoms with Gasteiger partial charge in [-0.2, -0.15) is 0 Å². The van der Waals surface area contributed by atoms with E-state index in [9.17, 15) is 9.36 Å². The summed E-state index contributed by atoms with van der Waals surface area (Å²) in [5.74, 6) is -0.0290. The fourth-order valence-electron chi connectivity index (χ4n) is 1.80. The predicted molar refractivity (Wildman–Crippen MR) is 60.7 cm³/mol. The lowest BCUT2D eigenvalue weighted by Gasteiger charge is -2.24. The molecule has 92 valence electrons. The molecule has 2 heterocycles. The molecule has 1 aromatic heterocycles. The van der Waals surface area contributed by atoms with Crippen molar-refractivity contribution in [3.05, 3.63) is 11.9 Å². The van der Waals surface area contributed by atoms with Gasteiger partial charge in [-0.3, -0.25) is 4.79 Å². The van der Waals surface area contributed by atoms with Crippen LogP contribution in [-0.2, 0) is 4.57 Å². The van der Waals surface area contributed by atoms with Gasteiger partial charge in [-0.1, -0.05) is 5.09 Å². The highest BCUT2D eigenvalue weighted by Gasteiger charge is 2.24. The summed E-state index contributed by atoms with van der Waals surface area (Å²) in [4.78, 5) is 23.8. The molecule has 0 fully saturated rings. The van der Waals surface area contributed by atoms with Gasteiger partial charge in [0, 0.05) is 12.7 Å². The van der Waals surface area contributed by atoms with Crippen LogP contribution in [0.15, 0.2) is 6.20 Å². The van der Waals surface area contributed by atoms with Crippen LogP contribution in [-0.4, -0.2) is 33.4 Å². The third-order valence-corrected chi connectivity index (χ3v) is 3.05. The van der Waals surface area contributed by atoms with Crippen LogP contribution in [0.25, 0.3) is 0 Å². The molecule has 5 N–H and O–H groups in total. The first-order valence-electron chi connectivity index (χ1n) is 5.10. The number of aromatic nitrogens is 2. The van der Waals surface area contributed by atoms with E-state index in [4.69, 9.17) is 10.6 Å². The van der Waals surface area contributed by atoms with Gasteiger partial charge in [0.05, 0.1) is 12.6 Å². The van der Waals surface area contributed by atoms with E-state index in [1.165, 1.54) is 0 Å². The molecular formula is C8H13N5O3P+. The number of nitrogens with zero attached hydrogens (tertiary/aromatic N) is 2. The van der Waals surface area contributed by atoms with Crippen LogP contribution >= 0.6 is 8.18 Å². The molecular weight excluding hydrogens is 245 g/mol. The number of anilines is 1. The van der Waals surface area contributed by atoms with Crippen molar-refractivity contribution in [1.82, 2.24) is 14.6 Å². The van der Waals surface area contributed by atoms with Gasteiger partial charge < -0.3 is 15.6 Å². The normalized spacial score (nSPS) is 19.4. The van der Waals surface area contributed by atoms with Crippen LogP contribution in [0.3, 0.4) is 0 Å². The zero-order valence-corrected chi connectivity index (χ0v) is 9.85. The number of carbonyl (C=O) groups excluding carboxylic acids is 1. The van der Waals surface area contributed by atoms with Gasteiger partial charge in [0.1, 0.15) is 5.69 Å². The van der Waals surface area contributed by atoms with E-state index in [1.807, 2.05) is 0 Å². The third-order valence-electron chi connectivity index (χ3n) is 2.60. The Hall–Kier alpha value is -1.50. The van der Waals surface area contributed by atoms with Crippen LogP contribution in [0.1, 0.15) is 23.0 Å². The molecule has 1 amide bonds. The molecule has 8 nitrogen and oxygen atoms in total. The van der Waals surface area contributed by atoms with Crippen LogP contribution < -0.4 is 16.1 Å². The minimum absolute atomic E-state index is 0.0158. The number of amides is 1. The fourth-order valence-corrected chi connectivity index (χ4v) is 2.16. The number of hydrogen-bond donors (Lipinski definition) is 4. The van der Waals surface area contributed by atoms with Gasteiger partial charge in [0.15, 0.2) is 0 Å². The van der Waals surface area contributed by atoms with Gasteiger partial charge >= 0.3 is 8.18 Å². The zero-order valence-electron chi connectivity index (χ0n) is 8.96.